The summed E-state index contributed by atoms with van der Waals surface area (Å²) in [6.07, 6.45) is 2.12. The van der Waals surface area contributed by atoms with Crippen LogP contribution in [0.1, 0.15) is 43.0 Å². The van der Waals surface area contributed by atoms with Crippen LogP contribution in [0.4, 0.5) is 5.69 Å². The fourth-order valence-corrected chi connectivity index (χ4v) is 2.52. The van der Waals surface area contributed by atoms with Gasteiger partial charge in [-0.3, -0.25) is 14.4 Å². The second-order valence-electron chi connectivity index (χ2n) is 5.78. The topological polar surface area (TPSA) is 93.7 Å². The van der Waals surface area contributed by atoms with Gasteiger partial charge in [0, 0.05) is 30.8 Å². The molecule has 2 N–H and O–H groups in total. The fraction of sp³-hybridized carbons (Fsp3) is 0.500. The number of carbonyl (C=O) groups excluding carboxylic acids is 3. The molecule has 1 aliphatic rings. The van der Waals surface area contributed by atoms with Crippen LogP contribution in [0.2, 0.25) is 0 Å². The zero-order valence-corrected chi connectivity index (χ0v) is 14.4. The highest BCUT2D eigenvalue weighted by atomic mass is 16.5. The molecule has 1 heterocycles. The van der Waals surface area contributed by atoms with Crippen LogP contribution in [-0.4, -0.2) is 43.6 Å². The quantitative estimate of drug-likeness (QED) is 0.700. The number of amides is 2. The van der Waals surface area contributed by atoms with Gasteiger partial charge in [-0.1, -0.05) is 6.07 Å². The molecule has 1 aliphatic heterocycles. The van der Waals surface area contributed by atoms with Crippen molar-refractivity contribution in [2.45, 2.75) is 38.7 Å². The average molecular weight is 348 g/mol. The molecule has 0 radical (unpaired) electrons. The van der Waals surface area contributed by atoms with Crippen LogP contribution in [0.25, 0.3) is 0 Å². The molecular weight excluding hydrogens is 324 g/mol. The maximum atomic E-state index is 12.2. The molecule has 7 heteroatoms. The van der Waals surface area contributed by atoms with E-state index in [1.807, 2.05) is 0 Å². The van der Waals surface area contributed by atoms with Gasteiger partial charge in [-0.25, -0.2) is 0 Å². The summed E-state index contributed by atoms with van der Waals surface area (Å²) in [5.74, 6) is -0.914. The zero-order chi connectivity index (χ0) is 18.1. The van der Waals surface area contributed by atoms with Gasteiger partial charge in [0.1, 0.15) is 0 Å². The third-order valence-corrected chi connectivity index (χ3v) is 3.78. The van der Waals surface area contributed by atoms with Gasteiger partial charge in [0.2, 0.25) is 5.91 Å². The Hall–Kier alpha value is -2.41. The summed E-state index contributed by atoms with van der Waals surface area (Å²) in [4.78, 5) is 35.3. The summed E-state index contributed by atoms with van der Waals surface area (Å²) in [7, 11) is 0. The molecule has 0 unspecified atom stereocenters. The van der Waals surface area contributed by atoms with E-state index in [-0.39, 0.29) is 30.8 Å². The molecule has 1 atom stereocenters. The number of rotatable bonds is 8. The molecule has 25 heavy (non-hydrogen) atoms. The zero-order valence-electron chi connectivity index (χ0n) is 14.4. The minimum atomic E-state index is -0.403. The lowest BCUT2D eigenvalue weighted by molar-refractivity contribution is -0.144. The highest BCUT2D eigenvalue weighted by molar-refractivity contribution is 5.97. The van der Waals surface area contributed by atoms with Crippen LogP contribution < -0.4 is 10.6 Å². The monoisotopic (exact) mass is 348 g/mol. The Balaban J connectivity index is 1.81. The smallest absolute Gasteiger partial charge is 0.306 e. The second-order valence-corrected chi connectivity index (χ2v) is 5.78. The van der Waals surface area contributed by atoms with Gasteiger partial charge in [-0.2, -0.15) is 0 Å². The average Bonchev–Trinajstić information content (AvgIpc) is 3.12. The van der Waals surface area contributed by atoms with Gasteiger partial charge >= 0.3 is 5.97 Å². The van der Waals surface area contributed by atoms with Gasteiger partial charge in [0.05, 0.1) is 19.1 Å². The molecule has 0 spiro atoms. The van der Waals surface area contributed by atoms with Crippen LogP contribution in [0.3, 0.4) is 0 Å². The second kappa shape index (κ2) is 9.78. The van der Waals surface area contributed by atoms with Crippen molar-refractivity contribution in [3.8, 4) is 0 Å². The maximum Gasteiger partial charge on any atom is 0.306 e. The Bertz CT molecular complexity index is 611. The number of hydrogen-bond donors (Lipinski definition) is 2. The number of esters is 1. The Morgan fingerprint density at radius 3 is 2.84 bits per heavy atom. The first-order valence-electron chi connectivity index (χ1n) is 8.54. The summed E-state index contributed by atoms with van der Waals surface area (Å²) in [6.45, 7) is 3.24. The van der Waals surface area contributed by atoms with Crippen molar-refractivity contribution >= 4 is 23.5 Å². The molecule has 2 rings (SSSR count). The summed E-state index contributed by atoms with van der Waals surface area (Å²) < 4.78 is 10.2. The lowest BCUT2D eigenvalue weighted by atomic mass is 10.1. The van der Waals surface area contributed by atoms with Crippen molar-refractivity contribution in [1.82, 2.24) is 5.32 Å². The Morgan fingerprint density at radius 1 is 1.28 bits per heavy atom. The lowest BCUT2D eigenvalue weighted by Crippen LogP contribution is -2.31. The van der Waals surface area contributed by atoms with E-state index >= 15 is 0 Å². The van der Waals surface area contributed by atoms with Gasteiger partial charge < -0.3 is 20.1 Å². The summed E-state index contributed by atoms with van der Waals surface area (Å²) in [5, 5.41) is 5.52. The Labute approximate surface area is 147 Å². The van der Waals surface area contributed by atoms with Crippen LogP contribution in [0, 0.1) is 0 Å². The standard InChI is InChI=1S/C18H24N2O5/c1-2-24-17(22)9-8-16(21)20-14-6-3-5-13(11-14)18(23)19-12-15-7-4-10-25-15/h3,5-6,11,15H,2,4,7-10,12H2,1H3,(H,19,23)(H,20,21)/t15-/m0/s1. The van der Waals surface area contributed by atoms with E-state index in [0.29, 0.717) is 24.4 Å². The van der Waals surface area contributed by atoms with Gasteiger partial charge in [-0.15, -0.1) is 0 Å². The SMILES string of the molecule is CCOC(=O)CCC(=O)Nc1cccc(C(=O)NC[C@@H]2CCCO2)c1. The first-order chi connectivity index (χ1) is 12.1. The number of hydrogen-bond acceptors (Lipinski definition) is 5. The fourth-order valence-electron chi connectivity index (χ4n) is 2.52. The largest absolute Gasteiger partial charge is 0.466 e. The first kappa shape index (κ1) is 18.9. The molecule has 1 saturated heterocycles. The Morgan fingerprint density at radius 2 is 2.12 bits per heavy atom. The molecule has 136 valence electrons. The summed E-state index contributed by atoms with van der Waals surface area (Å²) >= 11 is 0. The number of anilines is 1. The highest BCUT2D eigenvalue weighted by Crippen LogP contribution is 2.13. The first-order valence-corrected chi connectivity index (χ1v) is 8.54. The summed E-state index contributed by atoms with van der Waals surface area (Å²) in [6, 6.07) is 6.67. The minimum absolute atomic E-state index is 0.0290. The van der Waals surface area contributed by atoms with Crippen molar-refractivity contribution in [2.75, 3.05) is 25.1 Å². The van der Waals surface area contributed by atoms with Gasteiger partial charge in [0.15, 0.2) is 0 Å². The van der Waals surface area contributed by atoms with Crippen LogP contribution in [0.5, 0.6) is 0 Å². The minimum Gasteiger partial charge on any atom is -0.466 e. The molecule has 0 aliphatic carbocycles. The Kier molecular flexibility index (Phi) is 7.40. The number of carbonyl (C=O) groups is 3. The van der Waals surface area contributed by atoms with Crippen molar-refractivity contribution in [3.63, 3.8) is 0 Å². The van der Waals surface area contributed by atoms with E-state index in [0.717, 1.165) is 19.4 Å². The number of benzene rings is 1. The molecule has 0 saturated carbocycles. The van der Waals surface area contributed by atoms with Crippen LogP contribution >= 0.6 is 0 Å². The molecule has 1 fully saturated rings. The van der Waals surface area contributed by atoms with Gasteiger partial charge in [-0.05, 0) is 38.0 Å². The lowest BCUT2D eigenvalue weighted by Gasteiger charge is -2.11. The summed E-state index contributed by atoms with van der Waals surface area (Å²) in [5.41, 5.74) is 0.972. The maximum absolute atomic E-state index is 12.2. The van der Waals surface area contributed by atoms with E-state index in [2.05, 4.69) is 10.6 Å². The van der Waals surface area contributed by atoms with E-state index in [1.165, 1.54) is 0 Å². The van der Waals surface area contributed by atoms with Crippen LogP contribution in [-0.2, 0) is 19.1 Å². The predicted molar refractivity (Wildman–Crippen MR) is 92.2 cm³/mol. The third kappa shape index (κ3) is 6.54. The van der Waals surface area contributed by atoms with Crippen molar-refractivity contribution in [2.24, 2.45) is 0 Å². The van der Waals surface area contributed by atoms with Crippen LogP contribution in [0.15, 0.2) is 24.3 Å². The highest BCUT2D eigenvalue weighted by Gasteiger charge is 2.17. The normalized spacial score (nSPS) is 16.3. The third-order valence-electron chi connectivity index (χ3n) is 3.78. The molecular formula is C18H24N2O5. The van der Waals surface area contributed by atoms with Crippen molar-refractivity contribution < 1.29 is 23.9 Å². The molecule has 0 bridgehead atoms. The van der Waals surface area contributed by atoms with Crippen molar-refractivity contribution in [1.29, 1.82) is 0 Å². The van der Waals surface area contributed by atoms with E-state index in [4.69, 9.17) is 9.47 Å². The molecule has 1 aromatic rings. The van der Waals surface area contributed by atoms with Crippen molar-refractivity contribution in [3.05, 3.63) is 29.8 Å². The predicted octanol–water partition coefficient (Wildman–Crippen LogP) is 1.88. The van der Waals surface area contributed by atoms with E-state index in [9.17, 15) is 14.4 Å². The van der Waals surface area contributed by atoms with E-state index < -0.39 is 5.97 Å². The molecule has 7 nitrogen and oxygen atoms in total. The molecule has 0 aromatic heterocycles. The van der Waals surface area contributed by atoms with E-state index in [1.54, 1.807) is 31.2 Å². The molecule has 2 amide bonds. The molecule has 1 aromatic carbocycles. The number of nitrogens with one attached hydrogen (secondary N) is 2. The van der Waals surface area contributed by atoms with Gasteiger partial charge in [0.25, 0.3) is 5.91 Å². The number of ether oxygens (including phenoxy) is 2.